The Kier molecular flexibility index (Phi) is 2.59. The molecule has 0 aliphatic carbocycles. The molecule has 0 fully saturated rings. The number of imidazole rings is 1. The first-order chi connectivity index (χ1) is 6.79. The van der Waals surface area contributed by atoms with Crippen molar-refractivity contribution in [3.05, 3.63) is 30.1 Å². The van der Waals surface area contributed by atoms with Gasteiger partial charge in [0.25, 0.3) is 0 Å². The molecule has 2 aromatic rings. The van der Waals surface area contributed by atoms with E-state index in [-0.39, 0.29) is 0 Å². The highest BCUT2D eigenvalue weighted by Crippen LogP contribution is 2.14. The van der Waals surface area contributed by atoms with E-state index in [1.807, 2.05) is 11.4 Å². The lowest BCUT2D eigenvalue weighted by atomic mass is 10.0. The van der Waals surface area contributed by atoms with E-state index in [9.17, 15) is 0 Å². The van der Waals surface area contributed by atoms with E-state index in [0.717, 1.165) is 17.5 Å². The number of aromatic nitrogens is 2. The van der Waals surface area contributed by atoms with Crippen LogP contribution >= 0.6 is 12.2 Å². The maximum Gasteiger partial charge on any atom is 0.0931 e. The summed E-state index contributed by atoms with van der Waals surface area (Å²) in [4.78, 5) is 7.28. The van der Waals surface area contributed by atoms with Gasteiger partial charge < -0.3 is 4.98 Å². The van der Waals surface area contributed by atoms with Gasteiger partial charge in [-0.25, -0.2) is 4.98 Å². The fourth-order valence-electron chi connectivity index (χ4n) is 1.53. The number of H-pyrrole nitrogens is 1. The summed E-state index contributed by atoms with van der Waals surface area (Å²) in [7, 11) is 0. The predicted octanol–water partition coefficient (Wildman–Crippen LogP) is 2.74. The van der Waals surface area contributed by atoms with E-state index < -0.39 is 0 Å². The number of nitrogens with zero attached hydrogens (tertiary/aromatic N) is 1. The average molecular weight is 204 g/mol. The van der Waals surface area contributed by atoms with Crippen LogP contribution in [0, 0.1) is 5.92 Å². The van der Waals surface area contributed by atoms with E-state index >= 15 is 0 Å². The third-order valence-electron chi connectivity index (χ3n) is 2.27. The number of benzene rings is 1. The number of hydrogen-bond acceptors (Lipinski definition) is 2. The molecule has 72 valence electrons. The first-order valence-electron chi connectivity index (χ1n) is 4.67. The Labute approximate surface area is 88.4 Å². The van der Waals surface area contributed by atoms with Crippen LogP contribution in [0.15, 0.2) is 24.5 Å². The number of rotatable bonds is 3. The summed E-state index contributed by atoms with van der Waals surface area (Å²) < 4.78 is 0. The predicted molar refractivity (Wildman–Crippen MR) is 62.6 cm³/mol. The summed E-state index contributed by atoms with van der Waals surface area (Å²) in [6.07, 6.45) is 2.72. The number of hydrogen-bond donors (Lipinski definition) is 1. The second kappa shape index (κ2) is 3.88. The quantitative estimate of drug-likeness (QED) is 0.779. The molecule has 0 spiro atoms. The minimum absolute atomic E-state index is 0.449. The molecule has 3 heteroatoms. The van der Waals surface area contributed by atoms with Gasteiger partial charge in [-0.2, -0.15) is 0 Å². The lowest BCUT2D eigenvalue weighted by Gasteiger charge is -2.04. The molecule has 0 amide bonds. The second-order valence-electron chi connectivity index (χ2n) is 3.57. The van der Waals surface area contributed by atoms with E-state index in [0.29, 0.717) is 5.92 Å². The number of nitrogens with one attached hydrogen (secondary N) is 1. The van der Waals surface area contributed by atoms with Crippen LogP contribution in [0.2, 0.25) is 0 Å². The standard InChI is InChI=1S/C11H12N2S/c1-8(6-14)4-9-2-3-10-11(5-9)13-7-12-10/h2-3,5-8H,4H2,1H3,(H,12,13). The Bertz CT molecular complexity index is 447. The van der Waals surface area contributed by atoms with E-state index in [1.54, 1.807) is 6.33 Å². The normalized spacial score (nSPS) is 12.9. The molecular weight excluding hydrogens is 192 g/mol. The molecular formula is C11H12N2S. The molecule has 0 aliphatic rings. The maximum atomic E-state index is 4.91. The monoisotopic (exact) mass is 204 g/mol. The molecule has 0 saturated carbocycles. The van der Waals surface area contributed by atoms with Crippen LogP contribution in [0.1, 0.15) is 12.5 Å². The van der Waals surface area contributed by atoms with Crippen LogP contribution in [0.25, 0.3) is 11.0 Å². The highest BCUT2D eigenvalue weighted by atomic mass is 32.1. The largest absolute Gasteiger partial charge is 0.345 e. The van der Waals surface area contributed by atoms with Gasteiger partial charge in [0.15, 0.2) is 0 Å². The summed E-state index contributed by atoms with van der Waals surface area (Å²) in [6, 6.07) is 6.29. The van der Waals surface area contributed by atoms with Gasteiger partial charge in [-0.3, -0.25) is 0 Å². The molecule has 0 saturated heterocycles. The van der Waals surface area contributed by atoms with Crippen molar-refractivity contribution in [3.8, 4) is 0 Å². The SMILES string of the molecule is CC(C=S)Cc1ccc2nc[nH]c2c1. The highest BCUT2D eigenvalue weighted by Gasteiger charge is 2.02. The first-order valence-corrected chi connectivity index (χ1v) is 5.14. The van der Waals surface area contributed by atoms with Crippen molar-refractivity contribution >= 4 is 28.6 Å². The molecule has 2 nitrogen and oxygen atoms in total. The van der Waals surface area contributed by atoms with Gasteiger partial charge in [0, 0.05) is 0 Å². The molecule has 0 aliphatic heterocycles. The van der Waals surface area contributed by atoms with E-state index in [4.69, 9.17) is 12.2 Å². The molecule has 2 rings (SSSR count). The molecule has 1 aromatic carbocycles. The topological polar surface area (TPSA) is 28.7 Å². The van der Waals surface area contributed by atoms with Crippen molar-refractivity contribution in [3.63, 3.8) is 0 Å². The van der Waals surface area contributed by atoms with E-state index in [2.05, 4.69) is 29.0 Å². The maximum absolute atomic E-state index is 4.91. The first kappa shape index (κ1) is 9.34. The minimum atomic E-state index is 0.449. The fraction of sp³-hybridized carbons (Fsp3) is 0.273. The Balaban J connectivity index is 2.29. The molecule has 1 unspecified atom stereocenters. The van der Waals surface area contributed by atoms with Crippen molar-refractivity contribution in [1.29, 1.82) is 0 Å². The summed E-state index contributed by atoms with van der Waals surface area (Å²) in [6.45, 7) is 2.13. The summed E-state index contributed by atoms with van der Waals surface area (Å²) in [5, 5.41) is 1.82. The van der Waals surface area contributed by atoms with Crippen molar-refractivity contribution < 1.29 is 0 Å². The zero-order valence-corrected chi connectivity index (χ0v) is 8.84. The van der Waals surface area contributed by atoms with Crippen molar-refractivity contribution in [2.24, 2.45) is 5.92 Å². The van der Waals surface area contributed by atoms with Gasteiger partial charge in [0.05, 0.1) is 17.4 Å². The van der Waals surface area contributed by atoms with Crippen LogP contribution in [-0.2, 0) is 6.42 Å². The number of fused-ring (bicyclic) bond motifs is 1. The van der Waals surface area contributed by atoms with Gasteiger partial charge in [-0.05, 0) is 35.4 Å². The molecule has 0 radical (unpaired) electrons. The van der Waals surface area contributed by atoms with Crippen LogP contribution in [0.5, 0.6) is 0 Å². The fourth-order valence-corrected chi connectivity index (χ4v) is 1.63. The van der Waals surface area contributed by atoms with Crippen molar-refractivity contribution in [2.45, 2.75) is 13.3 Å². The summed E-state index contributed by atoms with van der Waals surface area (Å²) in [5.41, 5.74) is 3.41. The Morgan fingerprint density at radius 3 is 3.21 bits per heavy atom. The van der Waals surface area contributed by atoms with Crippen LogP contribution in [0.3, 0.4) is 0 Å². The van der Waals surface area contributed by atoms with Crippen LogP contribution in [-0.4, -0.2) is 15.3 Å². The third kappa shape index (κ3) is 1.82. The van der Waals surface area contributed by atoms with Crippen molar-refractivity contribution in [2.75, 3.05) is 0 Å². The van der Waals surface area contributed by atoms with Gasteiger partial charge in [0.2, 0.25) is 0 Å². The van der Waals surface area contributed by atoms with Crippen molar-refractivity contribution in [1.82, 2.24) is 9.97 Å². The third-order valence-corrected chi connectivity index (χ3v) is 2.74. The summed E-state index contributed by atoms with van der Waals surface area (Å²) >= 11 is 4.91. The smallest absolute Gasteiger partial charge is 0.0931 e. The van der Waals surface area contributed by atoms with Gasteiger partial charge in [0.1, 0.15) is 0 Å². The molecule has 1 aromatic heterocycles. The second-order valence-corrected chi connectivity index (χ2v) is 3.84. The Hall–Kier alpha value is -1.22. The zero-order chi connectivity index (χ0) is 9.97. The lowest BCUT2D eigenvalue weighted by Crippen LogP contribution is -1.98. The van der Waals surface area contributed by atoms with Gasteiger partial charge in [-0.15, -0.1) is 0 Å². The minimum Gasteiger partial charge on any atom is -0.345 e. The van der Waals surface area contributed by atoms with Crippen LogP contribution < -0.4 is 0 Å². The van der Waals surface area contributed by atoms with Gasteiger partial charge >= 0.3 is 0 Å². The molecule has 1 heterocycles. The Morgan fingerprint density at radius 2 is 2.43 bits per heavy atom. The summed E-state index contributed by atoms with van der Waals surface area (Å²) in [5.74, 6) is 0.449. The van der Waals surface area contributed by atoms with Gasteiger partial charge in [-0.1, -0.05) is 25.2 Å². The lowest BCUT2D eigenvalue weighted by molar-refractivity contribution is 0.793. The average Bonchev–Trinajstić information content (AvgIpc) is 2.64. The molecule has 14 heavy (non-hydrogen) atoms. The van der Waals surface area contributed by atoms with Crippen LogP contribution in [0.4, 0.5) is 0 Å². The molecule has 1 atom stereocenters. The molecule has 1 N–H and O–H groups in total. The number of aromatic amines is 1. The Morgan fingerprint density at radius 1 is 1.57 bits per heavy atom. The zero-order valence-electron chi connectivity index (χ0n) is 8.03. The highest BCUT2D eigenvalue weighted by molar-refractivity contribution is 7.79. The number of thiocarbonyl (C=S) groups is 1. The molecule has 0 bridgehead atoms. The van der Waals surface area contributed by atoms with E-state index in [1.165, 1.54) is 5.56 Å².